The van der Waals surface area contributed by atoms with Gasteiger partial charge in [-0.15, -0.1) is 0 Å². The van der Waals surface area contributed by atoms with Crippen LogP contribution in [0.4, 0.5) is 5.69 Å². The monoisotopic (exact) mass is 531 g/mol. The number of rotatable bonds is 4. The first-order chi connectivity index (χ1) is 14.4. The zero-order valence-electron chi connectivity index (χ0n) is 15.5. The van der Waals surface area contributed by atoms with Crippen LogP contribution in [0.5, 0.6) is 23.0 Å². The summed E-state index contributed by atoms with van der Waals surface area (Å²) in [4.78, 5) is 12.2. The third-order valence-corrected chi connectivity index (χ3v) is 5.82. The Morgan fingerprint density at radius 3 is 2.60 bits per heavy atom. The van der Waals surface area contributed by atoms with Gasteiger partial charge in [0, 0.05) is 17.3 Å². The molecule has 0 aliphatic carbocycles. The Hall–Kier alpha value is -3.04. The fraction of sp³-hybridized carbons (Fsp3) is 0.0476. The van der Waals surface area contributed by atoms with E-state index in [9.17, 15) is 15.3 Å². The summed E-state index contributed by atoms with van der Waals surface area (Å²) in [7, 11) is 1.49. The molecule has 0 aliphatic rings. The highest BCUT2D eigenvalue weighted by Crippen LogP contribution is 2.40. The Morgan fingerprint density at radius 2 is 1.83 bits per heavy atom. The minimum absolute atomic E-state index is 0.0599. The highest BCUT2D eigenvalue weighted by atomic mass is 79.9. The molecule has 0 spiro atoms. The summed E-state index contributed by atoms with van der Waals surface area (Å²) in [5, 5.41) is 29.8. The molecule has 3 aromatic carbocycles. The van der Waals surface area contributed by atoms with E-state index in [4.69, 9.17) is 4.74 Å². The van der Waals surface area contributed by atoms with Crippen molar-refractivity contribution >= 4 is 54.8 Å². The van der Waals surface area contributed by atoms with Crippen LogP contribution in [-0.4, -0.2) is 38.6 Å². The highest BCUT2D eigenvalue weighted by Gasteiger charge is 2.13. The molecule has 0 bridgehead atoms. The molecular weight excluding hydrogens is 518 g/mol. The predicted molar refractivity (Wildman–Crippen MR) is 122 cm³/mol. The van der Waals surface area contributed by atoms with E-state index in [0.29, 0.717) is 27.3 Å². The van der Waals surface area contributed by atoms with Gasteiger partial charge in [-0.2, -0.15) is 0 Å². The minimum Gasteiger partial charge on any atom is -0.506 e. The van der Waals surface area contributed by atoms with Gasteiger partial charge in [0.25, 0.3) is 0 Å². The minimum atomic E-state index is -0.106. The van der Waals surface area contributed by atoms with E-state index in [1.807, 2.05) is 18.2 Å². The summed E-state index contributed by atoms with van der Waals surface area (Å²) in [6.45, 7) is 0. The number of hydrogen-bond acceptors (Lipinski definition) is 6. The van der Waals surface area contributed by atoms with E-state index in [1.165, 1.54) is 13.3 Å². The molecule has 0 radical (unpaired) electrons. The molecule has 7 nitrogen and oxygen atoms in total. The number of phenolic OH excluding ortho intramolecular Hbond substituents is 3. The summed E-state index contributed by atoms with van der Waals surface area (Å²) in [6, 6.07) is 12.1. The summed E-state index contributed by atoms with van der Waals surface area (Å²) < 4.78 is 5.78. The SMILES string of the molecule is COc1cc(-c2nc3ccc(N=Cc4cc(Br)c(O)c(Br)c4O)cc3[nH]2)ccc1O. The molecule has 4 N–H and O–H groups in total. The Bertz CT molecular complexity index is 1300. The molecule has 0 amide bonds. The average molecular weight is 533 g/mol. The molecule has 0 saturated heterocycles. The molecule has 9 heteroatoms. The maximum atomic E-state index is 10.2. The lowest BCUT2D eigenvalue weighted by atomic mass is 10.2. The number of hydrogen-bond donors (Lipinski definition) is 4. The first-order valence-electron chi connectivity index (χ1n) is 8.68. The van der Waals surface area contributed by atoms with E-state index >= 15 is 0 Å². The number of benzene rings is 3. The number of methoxy groups -OCH3 is 1. The summed E-state index contributed by atoms with van der Waals surface area (Å²) in [5.74, 6) is 0.870. The third kappa shape index (κ3) is 3.73. The molecule has 0 aliphatic heterocycles. The topological polar surface area (TPSA) is 111 Å². The van der Waals surface area contributed by atoms with Gasteiger partial charge in [-0.3, -0.25) is 4.99 Å². The molecule has 1 aromatic heterocycles. The van der Waals surface area contributed by atoms with Crippen LogP contribution in [-0.2, 0) is 0 Å². The second-order valence-corrected chi connectivity index (χ2v) is 8.04. The van der Waals surface area contributed by atoms with Gasteiger partial charge in [0.05, 0.1) is 28.3 Å². The fourth-order valence-corrected chi connectivity index (χ4v) is 4.05. The third-order valence-electron chi connectivity index (χ3n) is 4.47. The van der Waals surface area contributed by atoms with Gasteiger partial charge >= 0.3 is 0 Å². The molecule has 4 aromatic rings. The molecular formula is C21H15Br2N3O4. The van der Waals surface area contributed by atoms with Crippen LogP contribution in [0.1, 0.15) is 5.56 Å². The zero-order chi connectivity index (χ0) is 21.4. The average Bonchev–Trinajstić information content (AvgIpc) is 3.17. The number of aliphatic imine (C=N–C) groups is 1. The predicted octanol–water partition coefficient (Wildman–Crippen LogP) is 5.63. The lowest BCUT2D eigenvalue weighted by Crippen LogP contribution is -1.86. The standard InChI is InChI=1S/C21H15Br2N3O4/c1-30-17-7-10(2-5-16(17)27)21-25-14-4-3-12(8-15(14)26-21)24-9-11-6-13(22)20(29)18(23)19(11)28/h2-9,27-29H,1H3,(H,25,26). The van der Waals surface area contributed by atoms with E-state index in [1.54, 1.807) is 24.3 Å². The number of imidazole rings is 1. The molecule has 0 fully saturated rings. The maximum absolute atomic E-state index is 10.2. The van der Waals surface area contributed by atoms with Gasteiger partial charge < -0.3 is 25.0 Å². The van der Waals surface area contributed by atoms with Gasteiger partial charge in [0.15, 0.2) is 11.5 Å². The normalized spacial score (nSPS) is 11.4. The van der Waals surface area contributed by atoms with E-state index in [2.05, 4.69) is 46.8 Å². The number of fused-ring (bicyclic) bond motifs is 1. The van der Waals surface area contributed by atoms with Crippen molar-refractivity contribution in [2.45, 2.75) is 0 Å². The number of halogens is 2. The number of aromatic nitrogens is 2. The highest BCUT2D eigenvalue weighted by molar-refractivity contribution is 9.11. The summed E-state index contributed by atoms with van der Waals surface area (Å²) in [6.07, 6.45) is 1.51. The first kappa shape index (κ1) is 20.2. The largest absolute Gasteiger partial charge is 0.506 e. The number of nitrogens with one attached hydrogen (secondary N) is 1. The molecule has 0 atom stereocenters. The van der Waals surface area contributed by atoms with Crippen molar-refractivity contribution in [1.29, 1.82) is 0 Å². The first-order valence-corrected chi connectivity index (χ1v) is 10.3. The van der Waals surface area contributed by atoms with E-state index in [0.717, 1.165) is 16.6 Å². The Labute approximate surface area is 188 Å². The number of phenols is 3. The van der Waals surface area contributed by atoms with Crippen LogP contribution in [0.15, 0.2) is 56.4 Å². The summed E-state index contributed by atoms with van der Waals surface area (Å²) >= 11 is 6.39. The van der Waals surface area contributed by atoms with Gasteiger partial charge in [0.2, 0.25) is 0 Å². The maximum Gasteiger partial charge on any atom is 0.161 e. The van der Waals surface area contributed by atoms with Crippen molar-refractivity contribution in [2.75, 3.05) is 7.11 Å². The molecule has 1 heterocycles. The van der Waals surface area contributed by atoms with E-state index in [-0.39, 0.29) is 21.7 Å². The van der Waals surface area contributed by atoms with Crippen molar-refractivity contribution in [3.05, 3.63) is 57.0 Å². The second-order valence-electron chi connectivity index (χ2n) is 6.39. The van der Waals surface area contributed by atoms with Gasteiger partial charge in [-0.25, -0.2) is 4.98 Å². The molecule has 0 saturated carbocycles. The molecule has 152 valence electrons. The van der Waals surface area contributed by atoms with Crippen molar-refractivity contribution in [3.8, 4) is 34.4 Å². The van der Waals surface area contributed by atoms with Crippen molar-refractivity contribution < 1.29 is 20.1 Å². The molecule has 0 unspecified atom stereocenters. The number of aromatic amines is 1. The summed E-state index contributed by atoms with van der Waals surface area (Å²) in [5.41, 5.74) is 3.40. The van der Waals surface area contributed by atoms with Crippen LogP contribution < -0.4 is 4.74 Å². The number of nitrogens with zero attached hydrogens (tertiary/aromatic N) is 2. The molecule has 4 rings (SSSR count). The van der Waals surface area contributed by atoms with Crippen LogP contribution in [0.25, 0.3) is 22.4 Å². The lowest BCUT2D eigenvalue weighted by molar-refractivity contribution is 0.373. The second kappa shape index (κ2) is 8.00. The van der Waals surface area contributed by atoms with Crippen LogP contribution in [0.3, 0.4) is 0 Å². The number of ether oxygens (including phenoxy) is 1. The zero-order valence-corrected chi connectivity index (χ0v) is 18.7. The van der Waals surface area contributed by atoms with Gasteiger partial charge in [0.1, 0.15) is 21.8 Å². The molecule has 30 heavy (non-hydrogen) atoms. The lowest BCUT2D eigenvalue weighted by Gasteiger charge is -2.06. The number of aromatic hydroxyl groups is 3. The van der Waals surface area contributed by atoms with E-state index < -0.39 is 0 Å². The van der Waals surface area contributed by atoms with Crippen LogP contribution >= 0.6 is 31.9 Å². The van der Waals surface area contributed by atoms with Crippen LogP contribution in [0, 0.1) is 0 Å². The fourth-order valence-electron chi connectivity index (χ4n) is 2.90. The van der Waals surface area contributed by atoms with Crippen molar-refractivity contribution in [2.24, 2.45) is 4.99 Å². The van der Waals surface area contributed by atoms with Crippen molar-refractivity contribution in [3.63, 3.8) is 0 Å². The Morgan fingerprint density at radius 1 is 1.03 bits per heavy atom. The quantitative estimate of drug-likeness (QED) is 0.254. The van der Waals surface area contributed by atoms with Gasteiger partial charge in [-0.05, 0) is 74.3 Å². The smallest absolute Gasteiger partial charge is 0.161 e. The van der Waals surface area contributed by atoms with Gasteiger partial charge in [-0.1, -0.05) is 0 Å². The Kier molecular flexibility index (Phi) is 5.40. The number of H-pyrrole nitrogens is 1. The van der Waals surface area contributed by atoms with Crippen molar-refractivity contribution in [1.82, 2.24) is 9.97 Å². The van der Waals surface area contributed by atoms with Crippen LogP contribution in [0.2, 0.25) is 0 Å². The Balaban J connectivity index is 1.67.